The quantitative estimate of drug-likeness (QED) is 0.526. The van der Waals surface area contributed by atoms with Crippen molar-refractivity contribution in [3.05, 3.63) is 48.0 Å². The van der Waals surface area contributed by atoms with E-state index in [0.717, 1.165) is 0 Å². The van der Waals surface area contributed by atoms with Crippen LogP contribution in [0.25, 0.3) is 10.9 Å². The van der Waals surface area contributed by atoms with E-state index < -0.39 is 16.0 Å². The van der Waals surface area contributed by atoms with E-state index >= 15 is 0 Å². The van der Waals surface area contributed by atoms with Crippen molar-refractivity contribution in [2.75, 3.05) is 0 Å². The number of rotatable bonds is 4. The molecule has 9 nitrogen and oxygen atoms in total. The van der Waals surface area contributed by atoms with Crippen LogP contribution in [0.4, 0.5) is 11.4 Å². The lowest BCUT2D eigenvalue weighted by Gasteiger charge is -1.99. The number of nitrogens with one attached hydrogen (secondary N) is 1. The molecule has 128 valence electrons. The van der Waals surface area contributed by atoms with Crippen LogP contribution in [0, 0.1) is 0 Å². The molecule has 0 aliphatic carbocycles. The van der Waals surface area contributed by atoms with E-state index in [4.69, 9.17) is 10.2 Å². The molecule has 0 radical (unpaired) electrons. The summed E-state index contributed by atoms with van der Waals surface area (Å²) >= 11 is 0. The van der Waals surface area contributed by atoms with Crippen molar-refractivity contribution in [1.82, 2.24) is 4.98 Å². The SMILES string of the molecule is NS(=O)(=O)c1ccc2[nH]c(O)c(N=Nc3ccccc3C(=O)O)c2c1. The van der Waals surface area contributed by atoms with Crippen LogP contribution in [0.15, 0.2) is 57.6 Å². The third-order valence-corrected chi connectivity index (χ3v) is 4.36. The lowest BCUT2D eigenvalue weighted by molar-refractivity contribution is 0.0697. The van der Waals surface area contributed by atoms with Crippen LogP contribution in [0.2, 0.25) is 0 Å². The number of aromatic carboxylic acids is 1. The average molecular weight is 360 g/mol. The van der Waals surface area contributed by atoms with Crippen molar-refractivity contribution >= 4 is 38.3 Å². The second-order valence-electron chi connectivity index (χ2n) is 5.10. The van der Waals surface area contributed by atoms with Crippen LogP contribution in [0.5, 0.6) is 5.88 Å². The van der Waals surface area contributed by atoms with E-state index in [-0.39, 0.29) is 33.1 Å². The van der Waals surface area contributed by atoms with Gasteiger partial charge in [0.1, 0.15) is 5.69 Å². The Morgan fingerprint density at radius 3 is 2.52 bits per heavy atom. The fraction of sp³-hybridized carbons (Fsp3) is 0. The number of aromatic nitrogens is 1. The van der Waals surface area contributed by atoms with Gasteiger partial charge >= 0.3 is 5.97 Å². The Hall–Kier alpha value is -3.24. The second-order valence-corrected chi connectivity index (χ2v) is 6.66. The molecule has 0 bridgehead atoms. The van der Waals surface area contributed by atoms with Gasteiger partial charge in [-0.05, 0) is 30.3 Å². The number of aromatic hydroxyl groups is 1. The van der Waals surface area contributed by atoms with Crippen molar-refractivity contribution in [1.29, 1.82) is 0 Å². The molecule has 0 amide bonds. The summed E-state index contributed by atoms with van der Waals surface area (Å²) in [6.45, 7) is 0. The minimum Gasteiger partial charge on any atom is -0.493 e. The Morgan fingerprint density at radius 2 is 1.84 bits per heavy atom. The van der Waals surface area contributed by atoms with E-state index in [1.165, 1.54) is 30.3 Å². The van der Waals surface area contributed by atoms with Crippen LogP contribution >= 0.6 is 0 Å². The molecule has 5 N–H and O–H groups in total. The van der Waals surface area contributed by atoms with Crippen molar-refractivity contribution in [2.45, 2.75) is 4.90 Å². The first-order chi connectivity index (χ1) is 11.8. The van der Waals surface area contributed by atoms with Crippen molar-refractivity contribution in [2.24, 2.45) is 15.4 Å². The smallest absolute Gasteiger partial charge is 0.337 e. The van der Waals surface area contributed by atoms with E-state index in [2.05, 4.69) is 15.2 Å². The van der Waals surface area contributed by atoms with Crippen LogP contribution in [-0.4, -0.2) is 29.6 Å². The molecule has 1 heterocycles. The van der Waals surface area contributed by atoms with Gasteiger partial charge in [0.15, 0.2) is 5.69 Å². The number of hydrogen-bond donors (Lipinski definition) is 4. The number of aromatic amines is 1. The minimum absolute atomic E-state index is 0.0271. The highest BCUT2D eigenvalue weighted by molar-refractivity contribution is 7.89. The number of H-pyrrole nitrogens is 1. The monoisotopic (exact) mass is 360 g/mol. The lowest BCUT2D eigenvalue weighted by atomic mass is 10.2. The van der Waals surface area contributed by atoms with Gasteiger partial charge in [0.05, 0.1) is 16.0 Å². The molecule has 0 saturated heterocycles. The Bertz CT molecular complexity index is 1120. The molecule has 3 aromatic rings. The zero-order valence-electron chi connectivity index (χ0n) is 12.5. The largest absolute Gasteiger partial charge is 0.493 e. The molecule has 0 saturated carbocycles. The predicted octanol–water partition coefficient (Wildman–Crippen LogP) is 2.63. The molecular weight excluding hydrogens is 348 g/mol. The average Bonchev–Trinajstić information content (AvgIpc) is 2.86. The molecule has 0 spiro atoms. The molecule has 0 unspecified atom stereocenters. The van der Waals surface area contributed by atoms with Gasteiger partial charge < -0.3 is 15.2 Å². The number of primary sulfonamides is 1. The fourth-order valence-electron chi connectivity index (χ4n) is 2.27. The number of hydrogen-bond acceptors (Lipinski definition) is 6. The molecule has 25 heavy (non-hydrogen) atoms. The standard InChI is InChI=1S/C15H12N4O5S/c16-25(23,24)8-5-6-11-10(7-8)13(14(20)17-11)19-18-12-4-2-1-3-9(12)15(21)22/h1-7,17,20H,(H,21,22)(H2,16,23,24). The van der Waals surface area contributed by atoms with Crippen molar-refractivity contribution in [3.63, 3.8) is 0 Å². The third kappa shape index (κ3) is 3.20. The maximum absolute atomic E-state index is 11.5. The van der Waals surface area contributed by atoms with Gasteiger partial charge in [-0.3, -0.25) is 0 Å². The van der Waals surface area contributed by atoms with Crippen molar-refractivity contribution < 1.29 is 23.4 Å². The molecule has 0 aliphatic heterocycles. The molecule has 10 heteroatoms. The van der Waals surface area contributed by atoms with Crippen molar-refractivity contribution in [3.8, 4) is 5.88 Å². The molecule has 2 aromatic carbocycles. The van der Waals surface area contributed by atoms with E-state index in [9.17, 15) is 18.3 Å². The highest BCUT2D eigenvalue weighted by atomic mass is 32.2. The van der Waals surface area contributed by atoms with E-state index in [0.29, 0.717) is 5.52 Å². The van der Waals surface area contributed by atoms with E-state index in [1.54, 1.807) is 12.1 Å². The summed E-state index contributed by atoms with van der Waals surface area (Å²) in [7, 11) is -3.93. The first kappa shape index (κ1) is 16.6. The number of carboxylic acid groups (broad SMARTS) is 1. The second kappa shape index (κ2) is 6.00. The number of nitrogens with zero attached hydrogens (tertiary/aromatic N) is 2. The highest BCUT2D eigenvalue weighted by Crippen LogP contribution is 2.37. The van der Waals surface area contributed by atoms with Gasteiger partial charge in [0.2, 0.25) is 15.9 Å². The van der Waals surface area contributed by atoms with Crippen LogP contribution in [0.3, 0.4) is 0 Å². The molecule has 1 aromatic heterocycles. The minimum atomic E-state index is -3.93. The zero-order valence-corrected chi connectivity index (χ0v) is 13.4. The van der Waals surface area contributed by atoms with Gasteiger partial charge in [0, 0.05) is 5.39 Å². The first-order valence-corrected chi connectivity index (χ1v) is 8.43. The third-order valence-electron chi connectivity index (χ3n) is 3.44. The topological polar surface area (TPSA) is 158 Å². The summed E-state index contributed by atoms with van der Waals surface area (Å²) in [4.78, 5) is 13.7. The Kier molecular flexibility index (Phi) is 3.99. The van der Waals surface area contributed by atoms with Crippen LogP contribution in [0.1, 0.15) is 10.4 Å². The van der Waals surface area contributed by atoms with Crippen LogP contribution in [-0.2, 0) is 10.0 Å². The normalized spacial score (nSPS) is 12.0. The lowest BCUT2D eigenvalue weighted by Crippen LogP contribution is -2.11. The molecule has 3 rings (SSSR count). The summed E-state index contributed by atoms with van der Waals surface area (Å²) in [6.07, 6.45) is 0. The molecule has 0 aliphatic rings. The predicted molar refractivity (Wildman–Crippen MR) is 88.9 cm³/mol. The summed E-state index contributed by atoms with van der Waals surface area (Å²) in [5, 5.41) is 32.2. The number of carbonyl (C=O) groups is 1. The summed E-state index contributed by atoms with van der Waals surface area (Å²) < 4.78 is 23.0. The fourth-order valence-corrected chi connectivity index (χ4v) is 2.81. The van der Waals surface area contributed by atoms with E-state index in [1.807, 2.05) is 0 Å². The van der Waals surface area contributed by atoms with Gasteiger partial charge in [-0.15, -0.1) is 10.2 Å². The number of sulfonamides is 1. The molecule has 0 fully saturated rings. The number of nitrogens with two attached hydrogens (primary N) is 1. The van der Waals surface area contributed by atoms with Gasteiger partial charge in [-0.25, -0.2) is 18.4 Å². The maximum Gasteiger partial charge on any atom is 0.337 e. The maximum atomic E-state index is 11.5. The Labute approximate surface area is 141 Å². The van der Waals surface area contributed by atoms with Crippen LogP contribution < -0.4 is 5.14 Å². The van der Waals surface area contributed by atoms with Gasteiger partial charge in [-0.2, -0.15) is 0 Å². The van der Waals surface area contributed by atoms with Gasteiger partial charge in [-0.1, -0.05) is 12.1 Å². The Balaban J connectivity index is 2.13. The first-order valence-electron chi connectivity index (χ1n) is 6.89. The number of benzene rings is 2. The summed E-state index contributed by atoms with van der Waals surface area (Å²) in [5.41, 5.74) is 0.424. The zero-order chi connectivity index (χ0) is 18.2. The summed E-state index contributed by atoms with van der Waals surface area (Å²) in [5.74, 6) is -1.51. The molecular formula is C15H12N4O5S. The molecule has 0 atom stereocenters. The van der Waals surface area contributed by atoms with Gasteiger partial charge in [0.25, 0.3) is 0 Å². The number of fused-ring (bicyclic) bond motifs is 1. The highest BCUT2D eigenvalue weighted by Gasteiger charge is 2.15. The number of azo groups is 1. The summed E-state index contributed by atoms with van der Waals surface area (Å²) in [6, 6.07) is 9.92. The Morgan fingerprint density at radius 1 is 1.12 bits per heavy atom. The number of carboxylic acids is 1.